The van der Waals surface area contributed by atoms with Crippen LogP contribution in [0, 0.1) is 6.92 Å². The predicted octanol–water partition coefficient (Wildman–Crippen LogP) is 3.36. The van der Waals surface area contributed by atoms with E-state index in [0.717, 1.165) is 31.2 Å². The molecular weight excluding hydrogens is 404 g/mol. The highest BCUT2D eigenvalue weighted by molar-refractivity contribution is 7.89. The first-order valence-corrected chi connectivity index (χ1v) is 11.4. The van der Waals surface area contributed by atoms with Crippen molar-refractivity contribution >= 4 is 27.6 Å². The summed E-state index contributed by atoms with van der Waals surface area (Å²) in [6.45, 7) is 2.36. The zero-order valence-electron chi connectivity index (χ0n) is 17.0. The van der Waals surface area contributed by atoms with Gasteiger partial charge in [-0.1, -0.05) is 37.1 Å². The Labute approximate surface area is 177 Å². The summed E-state index contributed by atoms with van der Waals surface area (Å²) in [5.74, 6) is -1.21. The first kappa shape index (κ1) is 22.0. The van der Waals surface area contributed by atoms with E-state index in [1.54, 1.807) is 12.1 Å². The Morgan fingerprint density at radius 2 is 1.70 bits per heavy atom. The van der Waals surface area contributed by atoms with E-state index in [0.29, 0.717) is 18.8 Å². The SMILES string of the molecule is Cc1ccccc1NC(=O)COC(=O)c1cccc(S(=O)(=O)N2CCCCCC2)c1. The van der Waals surface area contributed by atoms with E-state index in [2.05, 4.69) is 5.32 Å². The third kappa shape index (κ3) is 5.46. The summed E-state index contributed by atoms with van der Waals surface area (Å²) in [4.78, 5) is 24.5. The molecule has 0 unspecified atom stereocenters. The Morgan fingerprint density at radius 3 is 2.40 bits per heavy atom. The lowest BCUT2D eigenvalue weighted by molar-refractivity contribution is -0.119. The molecule has 1 saturated heterocycles. The number of esters is 1. The van der Waals surface area contributed by atoms with Crippen LogP contribution in [0.5, 0.6) is 0 Å². The molecule has 1 fully saturated rings. The molecule has 0 radical (unpaired) electrons. The van der Waals surface area contributed by atoms with Crippen LogP contribution in [0.15, 0.2) is 53.4 Å². The van der Waals surface area contributed by atoms with Crippen LogP contribution in [0.2, 0.25) is 0 Å². The first-order valence-electron chi connectivity index (χ1n) is 10.0. The van der Waals surface area contributed by atoms with E-state index in [-0.39, 0.29) is 10.5 Å². The van der Waals surface area contributed by atoms with Gasteiger partial charge in [0.25, 0.3) is 5.91 Å². The molecule has 0 aromatic heterocycles. The molecule has 3 rings (SSSR count). The molecular formula is C22H26N2O5S. The fourth-order valence-corrected chi connectivity index (χ4v) is 4.89. The minimum absolute atomic E-state index is 0.0585. The second-order valence-corrected chi connectivity index (χ2v) is 9.22. The third-order valence-electron chi connectivity index (χ3n) is 5.03. The van der Waals surface area contributed by atoms with Gasteiger partial charge in [-0.05, 0) is 49.6 Å². The molecule has 1 amide bonds. The Kier molecular flexibility index (Phi) is 7.23. The highest BCUT2D eigenvalue weighted by Crippen LogP contribution is 2.21. The fraction of sp³-hybridized carbons (Fsp3) is 0.364. The van der Waals surface area contributed by atoms with Gasteiger partial charge in [-0.2, -0.15) is 4.31 Å². The highest BCUT2D eigenvalue weighted by Gasteiger charge is 2.26. The summed E-state index contributed by atoms with van der Waals surface area (Å²) < 4.78 is 32.4. The highest BCUT2D eigenvalue weighted by atomic mass is 32.2. The average molecular weight is 431 g/mol. The number of rotatable bonds is 6. The number of benzene rings is 2. The van der Waals surface area contributed by atoms with Crippen LogP contribution in [0.4, 0.5) is 5.69 Å². The van der Waals surface area contributed by atoms with Crippen molar-refractivity contribution in [2.45, 2.75) is 37.5 Å². The standard InChI is InChI=1S/C22H26N2O5S/c1-17-9-4-5-12-20(17)23-21(25)16-29-22(26)18-10-8-11-19(15-18)30(27,28)24-13-6-2-3-7-14-24/h4-5,8-12,15H,2-3,6-7,13-14,16H2,1H3,(H,23,25). The van der Waals surface area contributed by atoms with Crippen LogP contribution in [-0.4, -0.2) is 44.3 Å². The van der Waals surface area contributed by atoms with Crippen LogP contribution in [0.3, 0.4) is 0 Å². The summed E-state index contributed by atoms with van der Waals surface area (Å²) in [6, 6.07) is 13.0. The molecule has 0 saturated carbocycles. The van der Waals surface area contributed by atoms with Crippen molar-refractivity contribution in [1.29, 1.82) is 0 Å². The van der Waals surface area contributed by atoms with Gasteiger partial charge >= 0.3 is 5.97 Å². The number of hydrogen-bond donors (Lipinski definition) is 1. The smallest absolute Gasteiger partial charge is 0.338 e. The Balaban J connectivity index is 1.64. The number of ether oxygens (including phenoxy) is 1. The van der Waals surface area contributed by atoms with Gasteiger partial charge in [0.2, 0.25) is 10.0 Å². The number of amides is 1. The van der Waals surface area contributed by atoms with Crippen LogP contribution < -0.4 is 5.32 Å². The third-order valence-corrected chi connectivity index (χ3v) is 6.92. The second kappa shape index (κ2) is 9.86. The molecule has 0 spiro atoms. The van der Waals surface area contributed by atoms with E-state index in [4.69, 9.17) is 4.74 Å². The van der Waals surface area contributed by atoms with Gasteiger partial charge in [-0.25, -0.2) is 13.2 Å². The first-order chi connectivity index (χ1) is 14.4. The summed E-state index contributed by atoms with van der Waals surface area (Å²) >= 11 is 0. The molecule has 1 aliphatic rings. The maximum Gasteiger partial charge on any atom is 0.338 e. The van der Waals surface area contributed by atoms with Crippen molar-refractivity contribution in [3.63, 3.8) is 0 Å². The molecule has 160 valence electrons. The number of nitrogens with one attached hydrogen (secondary N) is 1. The van der Waals surface area contributed by atoms with E-state index in [1.807, 2.05) is 19.1 Å². The monoisotopic (exact) mass is 430 g/mol. The van der Waals surface area contributed by atoms with E-state index in [1.165, 1.54) is 28.6 Å². The van der Waals surface area contributed by atoms with Crippen molar-refractivity contribution in [3.05, 3.63) is 59.7 Å². The minimum atomic E-state index is -3.67. The number of hydrogen-bond acceptors (Lipinski definition) is 5. The van der Waals surface area contributed by atoms with E-state index in [9.17, 15) is 18.0 Å². The quantitative estimate of drug-likeness (QED) is 0.710. The number of sulfonamides is 1. The molecule has 30 heavy (non-hydrogen) atoms. The van der Waals surface area contributed by atoms with Gasteiger partial charge in [0, 0.05) is 18.8 Å². The van der Waals surface area contributed by atoms with Crippen molar-refractivity contribution < 1.29 is 22.7 Å². The van der Waals surface area contributed by atoms with Gasteiger partial charge in [0.15, 0.2) is 6.61 Å². The molecule has 1 aliphatic heterocycles. The largest absolute Gasteiger partial charge is 0.452 e. The lowest BCUT2D eigenvalue weighted by Gasteiger charge is -2.20. The number of carbonyl (C=O) groups is 2. The van der Waals surface area contributed by atoms with Gasteiger partial charge < -0.3 is 10.1 Å². The molecule has 1 N–H and O–H groups in total. The van der Waals surface area contributed by atoms with Gasteiger partial charge in [-0.15, -0.1) is 0 Å². The molecule has 0 atom stereocenters. The van der Waals surface area contributed by atoms with E-state index < -0.39 is 28.5 Å². The predicted molar refractivity (Wildman–Crippen MR) is 114 cm³/mol. The van der Waals surface area contributed by atoms with Crippen LogP contribution in [-0.2, 0) is 19.6 Å². The van der Waals surface area contributed by atoms with Crippen molar-refractivity contribution in [2.24, 2.45) is 0 Å². The van der Waals surface area contributed by atoms with Crippen molar-refractivity contribution in [2.75, 3.05) is 25.0 Å². The topological polar surface area (TPSA) is 92.8 Å². The molecule has 7 nitrogen and oxygen atoms in total. The number of carbonyl (C=O) groups excluding carboxylic acids is 2. The molecule has 8 heteroatoms. The Hall–Kier alpha value is -2.71. The van der Waals surface area contributed by atoms with Crippen molar-refractivity contribution in [3.8, 4) is 0 Å². The molecule has 0 bridgehead atoms. The normalized spacial score (nSPS) is 15.2. The lowest BCUT2D eigenvalue weighted by Crippen LogP contribution is -2.32. The number of para-hydroxylation sites is 1. The van der Waals surface area contributed by atoms with Crippen molar-refractivity contribution in [1.82, 2.24) is 4.31 Å². The summed E-state index contributed by atoms with van der Waals surface area (Å²) in [5.41, 5.74) is 1.63. The summed E-state index contributed by atoms with van der Waals surface area (Å²) in [5, 5.41) is 2.68. The molecule has 1 heterocycles. The molecule has 0 aliphatic carbocycles. The summed E-state index contributed by atoms with van der Waals surface area (Å²) in [6.07, 6.45) is 3.69. The minimum Gasteiger partial charge on any atom is -0.452 e. The zero-order chi connectivity index (χ0) is 21.6. The molecule has 2 aromatic rings. The van der Waals surface area contributed by atoms with Gasteiger partial charge in [0.05, 0.1) is 10.5 Å². The average Bonchev–Trinajstić information content (AvgIpc) is 3.04. The molecule has 2 aromatic carbocycles. The lowest BCUT2D eigenvalue weighted by atomic mass is 10.2. The van der Waals surface area contributed by atoms with Gasteiger partial charge in [0.1, 0.15) is 0 Å². The fourth-order valence-electron chi connectivity index (χ4n) is 3.33. The summed E-state index contributed by atoms with van der Waals surface area (Å²) in [7, 11) is -3.67. The Morgan fingerprint density at radius 1 is 1.00 bits per heavy atom. The van der Waals surface area contributed by atoms with Gasteiger partial charge in [-0.3, -0.25) is 4.79 Å². The Bertz CT molecular complexity index is 1010. The number of nitrogens with zero attached hydrogens (tertiary/aromatic N) is 1. The van der Waals surface area contributed by atoms with Crippen LogP contribution in [0.1, 0.15) is 41.6 Å². The maximum absolute atomic E-state index is 12.9. The number of anilines is 1. The number of aryl methyl sites for hydroxylation is 1. The second-order valence-electron chi connectivity index (χ2n) is 7.29. The van der Waals surface area contributed by atoms with E-state index >= 15 is 0 Å². The van der Waals surface area contributed by atoms with Crippen LogP contribution in [0.25, 0.3) is 0 Å². The zero-order valence-corrected chi connectivity index (χ0v) is 17.8. The maximum atomic E-state index is 12.9. The van der Waals surface area contributed by atoms with Crippen LogP contribution >= 0.6 is 0 Å².